The van der Waals surface area contributed by atoms with E-state index < -0.39 is 0 Å². The van der Waals surface area contributed by atoms with Crippen LogP contribution in [0, 0.1) is 23.7 Å². The van der Waals surface area contributed by atoms with Gasteiger partial charge < -0.3 is 4.74 Å². The number of hydrogen-bond acceptors (Lipinski definition) is 3. The van der Waals surface area contributed by atoms with Crippen LogP contribution in [0.4, 0.5) is 0 Å². The molecular formula is C22H18O3. The highest BCUT2D eigenvalue weighted by Gasteiger charge is 2.11. The first-order valence-electron chi connectivity index (χ1n) is 7.79. The summed E-state index contributed by atoms with van der Waals surface area (Å²) < 4.78 is 5.99. The standard InChI is InChI=1S/C22H18O3/c1-5-7-19-13-17(15(3)23)9-11-21(19)25-22-12-10-18(16(4)24)14-20(22)8-6-2/h9-14H,1-4H3. The third kappa shape index (κ3) is 4.37. The third-order valence-corrected chi connectivity index (χ3v) is 3.51. The minimum Gasteiger partial charge on any atom is -0.455 e. The lowest BCUT2D eigenvalue weighted by Crippen LogP contribution is -1.98. The molecule has 0 saturated heterocycles. The highest BCUT2D eigenvalue weighted by atomic mass is 16.5. The van der Waals surface area contributed by atoms with Crippen molar-refractivity contribution in [2.45, 2.75) is 27.7 Å². The van der Waals surface area contributed by atoms with Crippen molar-refractivity contribution in [2.24, 2.45) is 0 Å². The van der Waals surface area contributed by atoms with Crippen molar-refractivity contribution in [3.63, 3.8) is 0 Å². The van der Waals surface area contributed by atoms with Gasteiger partial charge >= 0.3 is 0 Å². The van der Waals surface area contributed by atoms with Gasteiger partial charge in [-0.25, -0.2) is 0 Å². The van der Waals surface area contributed by atoms with Crippen LogP contribution in [0.5, 0.6) is 11.5 Å². The van der Waals surface area contributed by atoms with E-state index in [1.165, 1.54) is 13.8 Å². The first-order valence-corrected chi connectivity index (χ1v) is 7.79. The summed E-state index contributed by atoms with van der Waals surface area (Å²) in [7, 11) is 0. The first kappa shape index (κ1) is 18.0. The molecule has 0 spiro atoms. The normalized spacial score (nSPS) is 9.28. The predicted molar refractivity (Wildman–Crippen MR) is 98.1 cm³/mol. The summed E-state index contributed by atoms with van der Waals surface area (Å²) in [5, 5.41) is 0. The fraction of sp³-hybridized carbons (Fsp3) is 0.182. The van der Waals surface area contributed by atoms with Crippen molar-refractivity contribution in [3.8, 4) is 35.2 Å². The first-order chi connectivity index (χ1) is 12.0. The maximum atomic E-state index is 11.6. The molecule has 124 valence electrons. The molecule has 0 fully saturated rings. The molecule has 0 radical (unpaired) electrons. The Bertz CT molecular complexity index is 881. The lowest BCUT2D eigenvalue weighted by molar-refractivity contribution is 0.100. The van der Waals surface area contributed by atoms with Crippen molar-refractivity contribution in [1.29, 1.82) is 0 Å². The van der Waals surface area contributed by atoms with Gasteiger partial charge in [0.2, 0.25) is 0 Å². The Hall–Kier alpha value is -3.30. The summed E-state index contributed by atoms with van der Waals surface area (Å²) in [5.41, 5.74) is 2.40. The monoisotopic (exact) mass is 330 g/mol. The lowest BCUT2D eigenvalue weighted by atomic mass is 10.1. The Labute approximate surface area is 148 Å². The Morgan fingerprint density at radius 1 is 0.760 bits per heavy atom. The van der Waals surface area contributed by atoms with Gasteiger partial charge in [-0.15, -0.1) is 11.8 Å². The van der Waals surface area contributed by atoms with Gasteiger partial charge in [-0.2, -0.15) is 0 Å². The molecule has 0 heterocycles. The molecule has 0 atom stereocenters. The molecule has 0 N–H and O–H groups in total. The maximum absolute atomic E-state index is 11.6. The summed E-state index contributed by atoms with van der Waals surface area (Å²) in [5.74, 6) is 12.6. The summed E-state index contributed by atoms with van der Waals surface area (Å²) in [6.07, 6.45) is 0. The molecule has 0 saturated carbocycles. The molecular weight excluding hydrogens is 312 g/mol. The highest BCUT2D eigenvalue weighted by molar-refractivity contribution is 5.95. The van der Waals surface area contributed by atoms with Gasteiger partial charge in [-0.1, -0.05) is 11.8 Å². The molecule has 2 aromatic rings. The van der Waals surface area contributed by atoms with Crippen LogP contribution in [0.2, 0.25) is 0 Å². The number of ketones is 2. The number of carbonyl (C=O) groups is 2. The molecule has 3 nitrogen and oxygen atoms in total. The van der Waals surface area contributed by atoms with E-state index in [4.69, 9.17) is 4.74 Å². The minimum absolute atomic E-state index is 0.0333. The molecule has 3 heteroatoms. The van der Waals surface area contributed by atoms with Gasteiger partial charge in [0.15, 0.2) is 11.6 Å². The van der Waals surface area contributed by atoms with Crippen molar-refractivity contribution >= 4 is 11.6 Å². The second-order valence-electron chi connectivity index (χ2n) is 5.39. The molecule has 0 aromatic heterocycles. The highest BCUT2D eigenvalue weighted by Crippen LogP contribution is 2.29. The van der Waals surface area contributed by atoms with Crippen LogP contribution in [0.3, 0.4) is 0 Å². The van der Waals surface area contributed by atoms with E-state index in [1.807, 2.05) is 0 Å². The topological polar surface area (TPSA) is 43.4 Å². The van der Waals surface area contributed by atoms with Crippen LogP contribution in [0.25, 0.3) is 0 Å². The smallest absolute Gasteiger partial charge is 0.159 e. The number of rotatable bonds is 4. The molecule has 0 amide bonds. The van der Waals surface area contributed by atoms with E-state index in [0.717, 1.165) is 0 Å². The fourth-order valence-corrected chi connectivity index (χ4v) is 2.26. The van der Waals surface area contributed by atoms with Gasteiger partial charge in [0.25, 0.3) is 0 Å². The average Bonchev–Trinajstić information content (AvgIpc) is 2.58. The van der Waals surface area contributed by atoms with E-state index in [1.54, 1.807) is 50.2 Å². The van der Waals surface area contributed by atoms with E-state index in [-0.39, 0.29) is 11.6 Å². The molecule has 0 aliphatic rings. The van der Waals surface area contributed by atoms with E-state index in [9.17, 15) is 9.59 Å². The van der Waals surface area contributed by atoms with Crippen LogP contribution in [-0.4, -0.2) is 11.6 Å². The molecule has 2 aromatic carbocycles. The number of ether oxygens (including phenoxy) is 1. The SMILES string of the molecule is CC#Cc1cc(C(C)=O)ccc1Oc1ccc(C(C)=O)cc1C#CC. The van der Waals surface area contributed by atoms with Crippen LogP contribution >= 0.6 is 0 Å². The van der Waals surface area contributed by atoms with Crippen LogP contribution in [0.1, 0.15) is 59.5 Å². The van der Waals surface area contributed by atoms with Crippen molar-refractivity contribution in [1.82, 2.24) is 0 Å². The van der Waals surface area contributed by atoms with E-state index >= 15 is 0 Å². The Morgan fingerprint density at radius 2 is 1.16 bits per heavy atom. The Kier molecular flexibility index (Phi) is 5.77. The number of Topliss-reactive ketones (excluding diaryl/α,β-unsaturated/α-hetero) is 2. The number of carbonyl (C=O) groups excluding carboxylic acids is 2. The molecule has 2 rings (SSSR count). The summed E-state index contributed by atoms with van der Waals surface area (Å²) in [4.78, 5) is 23.1. The second-order valence-corrected chi connectivity index (χ2v) is 5.39. The zero-order valence-corrected chi connectivity index (χ0v) is 14.7. The fourth-order valence-electron chi connectivity index (χ4n) is 2.26. The molecule has 0 bridgehead atoms. The van der Waals surface area contributed by atoms with E-state index in [2.05, 4.69) is 23.7 Å². The Balaban J connectivity index is 2.51. The van der Waals surface area contributed by atoms with Gasteiger partial charge in [0.1, 0.15) is 11.5 Å². The average molecular weight is 330 g/mol. The van der Waals surface area contributed by atoms with Crippen LogP contribution in [-0.2, 0) is 0 Å². The molecule has 0 aliphatic heterocycles. The summed E-state index contributed by atoms with van der Waals surface area (Å²) >= 11 is 0. The van der Waals surface area contributed by atoms with Gasteiger partial charge in [0, 0.05) is 11.1 Å². The van der Waals surface area contributed by atoms with Crippen LogP contribution in [0.15, 0.2) is 36.4 Å². The van der Waals surface area contributed by atoms with Gasteiger partial charge in [-0.3, -0.25) is 9.59 Å². The summed E-state index contributed by atoms with van der Waals surface area (Å²) in [6.45, 7) is 6.46. The third-order valence-electron chi connectivity index (χ3n) is 3.51. The zero-order chi connectivity index (χ0) is 18.4. The van der Waals surface area contributed by atoms with Gasteiger partial charge in [-0.05, 0) is 64.1 Å². The van der Waals surface area contributed by atoms with E-state index in [0.29, 0.717) is 33.8 Å². The largest absolute Gasteiger partial charge is 0.455 e. The maximum Gasteiger partial charge on any atom is 0.159 e. The van der Waals surface area contributed by atoms with Crippen molar-refractivity contribution in [2.75, 3.05) is 0 Å². The summed E-state index contributed by atoms with van der Waals surface area (Å²) in [6, 6.07) is 10.3. The quantitative estimate of drug-likeness (QED) is 0.606. The van der Waals surface area contributed by atoms with Crippen molar-refractivity contribution in [3.05, 3.63) is 58.7 Å². The van der Waals surface area contributed by atoms with Crippen molar-refractivity contribution < 1.29 is 14.3 Å². The molecule has 0 unspecified atom stereocenters. The lowest BCUT2D eigenvalue weighted by Gasteiger charge is -2.11. The predicted octanol–water partition coefficient (Wildman–Crippen LogP) is 4.63. The molecule has 25 heavy (non-hydrogen) atoms. The second kappa shape index (κ2) is 7.99. The number of hydrogen-bond donors (Lipinski definition) is 0. The van der Waals surface area contributed by atoms with Crippen LogP contribution < -0.4 is 4.74 Å². The molecule has 0 aliphatic carbocycles. The Morgan fingerprint density at radius 3 is 1.48 bits per heavy atom. The van der Waals surface area contributed by atoms with Gasteiger partial charge in [0.05, 0.1) is 11.1 Å². The number of benzene rings is 2. The zero-order valence-electron chi connectivity index (χ0n) is 14.7. The minimum atomic E-state index is -0.0333.